The smallest absolute Gasteiger partial charge is 0.123 e. The summed E-state index contributed by atoms with van der Waals surface area (Å²) in [7, 11) is 0. The zero-order chi connectivity index (χ0) is 20.0. The SMILES string of the molecule is C=C(N=CC1=C(C)CN([C@H](CCC)CC(C)C)C1)Nc1cc(C)cc(C)c1. The fourth-order valence-corrected chi connectivity index (χ4v) is 3.95. The van der Waals surface area contributed by atoms with Gasteiger partial charge in [-0.25, -0.2) is 4.99 Å². The molecule has 1 aliphatic rings. The number of aryl methyl sites for hydroxylation is 2. The monoisotopic (exact) mass is 367 g/mol. The van der Waals surface area contributed by atoms with E-state index in [0.29, 0.717) is 11.9 Å². The molecule has 0 saturated heterocycles. The Morgan fingerprint density at radius 3 is 2.44 bits per heavy atom. The summed E-state index contributed by atoms with van der Waals surface area (Å²) in [6.45, 7) is 19.5. The summed E-state index contributed by atoms with van der Waals surface area (Å²) in [4.78, 5) is 7.22. The Kier molecular flexibility index (Phi) is 7.85. The molecule has 0 bridgehead atoms. The predicted molar refractivity (Wildman–Crippen MR) is 120 cm³/mol. The van der Waals surface area contributed by atoms with Crippen molar-refractivity contribution in [1.29, 1.82) is 0 Å². The highest BCUT2D eigenvalue weighted by Gasteiger charge is 2.25. The van der Waals surface area contributed by atoms with E-state index in [9.17, 15) is 0 Å². The second-order valence-electron chi connectivity index (χ2n) is 8.49. The van der Waals surface area contributed by atoms with Crippen molar-refractivity contribution in [1.82, 2.24) is 4.90 Å². The average molecular weight is 368 g/mol. The van der Waals surface area contributed by atoms with E-state index in [4.69, 9.17) is 0 Å². The van der Waals surface area contributed by atoms with Gasteiger partial charge in [-0.1, -0.05) is 45.4 Å². The number of nitrogens with zero attached hydrogens (tertiary/aromatic N) is 2. The summed E-state index contributed by atoms with van der Waals surface area (Å²) in [5.41, 5.74) is 6.30. The summed E-state index contributed by atoms with van der Waals surface area (Å²) in [6, 6.07) is 7.09. The van der Waals surface area contributed by atoms with Crippen LogP contribution in [0.4, 0.5) is 5.69 Å². The van der Waals surface area contributed by atoms with Crippen LogP contribution in [0.5, 0.6) is 0 Å². The number of hydrogen-bond donors (Lipinski definition) is 1. The third-order valence-corrected chi connectivity index (χ3v) is 5.13. The lowest BCUT2D eigenvalue weighted by Gasteiger charge is -2.29. The maximum atomic E-state index is 4.60. The van der Waals surface area contributed by atoms with Gasteiger partial charge in [0.25, 0.3) is 0 Å². The van der Waals surface area contributed by atoms with Gasteiger partial charge in [-0.3, -0.25) is 4.90 Å². The zero-order valence-corrected chi connectivity index (χ0v) is 18.1. The van der Waals surface area contributed by atoms with E-state index in [1.807, 2.05) is 6.21 Å². The minimum absolute atomic E-state index is 0.674. The molecule has 2 rings (SSSR count). The normalized spacial score (nSPS) is 16.6. The molecule has 0 aliphatic carbocycles. The molecule has 1 N–H and O–H groups in total. The number of hydrogen-bond acceptors (Lipinski definition) is 3. The maximum Gasteiger partial charge on any atom is 0.123 e. The number of rotatable bonds is 9. The Labute approximate surface area is 166 Å². The Hall–Kier alpha value is -1.87. The Morgan fingerprint density at radius 2 is 1.85 bits per heavy atom. The molecule has 0 saturated carbocycles. The zero-order valence-electron chi connectivity index (χ0n) is 18.1. The third-order valence-electron chi connectivity index (χ3n) is 5.13. The van der Waals surface area contributed by atoms with Crippen molar-refractivity contribution in [3.63, 3.8) is 0 Å². The van der Waals surface area contributed by atoms with E-state index >= 15 is 0 Å². The summed E-state index contributed by atoms with van der Waals surface area (Å²) in [5.74, 6) is 1.42. The molecule has 1 heterocycles. The first-order valence-corrected chi connectivity index (χ1v) is 10.3. The molecule has 0 spiro atoms. The van der Waals surface area contributed by atoms with E-state index in [2.05, 4.69) is 81.5 Å². The molecule has 1 atom stereocenters. The van der Waals surface area contributed by atoms with Crippen molar-refractivity contribution in [3.8, 4) is 0 Å². The molecule has 3 heteroatoms. The number of aliphatic imine (C=N–C) groups is 1. The Balaban J connectivity index is 1.97. The van der Waals surface area contributed by atoms with E-state index in [0.717, 1.165) is 24.7 Å². The quantitative estimate of drug-likeness (QED) is 0.534. The molecule has 0 aromatic heterocycles. The highest BCUT2D eigenvalue weighted by molar-refractivity contribution is 5.82. The van der Waals surface area contributed by atoms with E-state index < -0.39 is 0 Å². The van der Waals surface area contributed by atoms with Crippen molar-refractivity contribution in [2.75, 3.05) is 18.4 Å². The van der Waals surface area contributed by atoms with Crippen LogP contribution in [-0.2, 0) is 0 Å². The van der Waals surface area contributed by atoms with E-state index in [-0.39, 0.29) is 0 Å². The third kappa shape index (κ3) is 6.66. The van der Waals surface area contributed by atoms with Gasteiger partial charge < -0.3 is 5.32 Å². The van der Waals surface area contributed by atoms with Gasteiger partial charge in [-0.05, 0) is 68.4 Å². The summed E-state index contributed by atoms with van der Waals surface area (Å²) < 4.78 is 0. The van der Waals surface area contributed by atoms with Crippen LogP contribution in [0.15, 0.2) is 46.7 Å². The van der Waals surface area contributed by atoms with Gasteiger partial charge in [-0.2, -0.15) is 0 Å². The molecule has 0 amide bonds. The lowest BCUT2D eigenvalue weighted by Crippen LogP contribution is -2.35. The van der Waals surface area contributed by atoms with Crippen LogP contribution in [0.1, 0.15) is 58.1 Å². The average Bonchev–Trinajstić information content (AvgIpc) is 2.92. The fraction of sp³-hybridized carbons (Fsp3) is 0.542. The largest absolute Gasteiger partial charge is 0.341 e. The number of nitrogens with one attached hydrogen (secondary N) is 1. The second-order valence-corrected chi connectivity index (χ2v) is 8.49. The van der Waals surface area contributed by atoms with Crippen molar-refractivity contribution < 1.29 is 0 Å². The molecule has 1 aromatic rings. The fourth-order valence-electron chi connectivity index (χ4n) is 3.95. The maximum absolute atomic E-state index is 4.60. The minimum atomic E-state index is 0.674. The molecule has 3 nitrogen and oxygen atoms in total. The molecular weight excluding hydrogens is 330 g/mol. The van der Waals surface area contributed by atoms with Crippen molar-refractivity contribution in [2.45, 2.75) is 66.8 Å². The molecule has 1 aromatic carbocycles. The van der Waals surface area contributed by atoms with Crippen LogP contribution >= 0.6 is 0 Å². The summed E-state index contributed by atoms with van der Waals surface area (Å²) >= 11 is 0. The van der Waals surface area contributed by atoms with Crippen LogP contribution in [0.2, 0.25) is 0 Å². The van der Waals surface area contributed by atoms with Gasteiger partial charge in [0.2, 0.25) is 0 Å². The number of benzene rings is 1. The summed E-state index contributed by atoms with van der Waals surface area (Å²) in [6.07, 6.45) is 5.79. The van der Waals surface area contributed by atoms with Gasteiger partial charge in [0, 0.05) is 31.0 Å². The standard InChI is InChI=1S/C24H37N3/c1-8-9-24(10-17(2)3)27-15-20(6)22(16-27)14-25-21(7)26-23-12-18(4)11-19(5)13-23/h11-14,17,24,26H,7-10,15-16H2,1-6H3/t24-/m1/s1. The summed E-state index contributed by atoms with van der Waals surface area (Å²) in [5, 5.41) is 3.31. The van der Waals surface area contributed by atoms with E-state index in [1.165, 1.54) is 41.5 Å². The predicted octanol–water partition coefficient (Wildman–Crippen LogP) is 6.10. The van der Waals surface area contributed by atoms with Crippen molar-refractivity contribution in [3.05, 3.63) is 52.9 Å². The Bertz CT molecular complexity index is 692. The highest BCUT2D eigenvalue weighted by Crippen LogP contribution is 2.24. The van der Waals surface area contributed by atoms with Crippen LogP contribution in [0.25, 0.3) is 0 Å². The van der Waals surface area contributed by atoms with Crippen molar-refractivity contribution in [2.24, 2.45) is 10.9 Å². The molecule has 1 aliphatic heterocycles. The highest BCUT2D eigenvalue weighted by atomic mass is 15.2. The van der Waals surface area contributed by atoms with E-state index in [1.54, 1.807) is 0 Å². The topological polar surface area (TPSA) is 27.6 Å². The van der Waals surface area contributed by atoms with Gasteiger partial charge in [0.05, 0.1) is 0 Å². The van der Waals surface area contributed by atoms with Crippen molar-refractivity contribution >= 4 is 11.9 Å². The lowest BCUT2D eigenvalue weighted by molar-refractivity contribution is 0.205. The second kappa shape index (κ2) is 9.89. The van der Waals surface area contributed by atoms with Crippen LogP contribution in [0.3, 0.4) is 0 Å². The van der Waals surface area contributed by atoms with Gasteiger partial charge in [0.15, 0.2) is 0 Å². The lowest BCUT2D eigenvalue weighted by atomic mass is 9.98. The first kappa shape index (κ1) is 21.4. The van der Waals surface area contributed by atoms with Gasteiger partial charge >= 0.3 is 0 Å². The van der Waals surface area contributed by atoms with Crippen LogP contribution in [0, 0.1) is 19.8 Å². The number of anilines is 1. The van der Waals surface area contributed by atoms with Gasteiger partial charge in [0.1, 0.15) is 5.82 Å². The van der Waals surface area contributed by atoms with Crippen LogP contribution in [-0.4, -0.2) is 30.2 Å². The molecule has 27 heavy (non-hydrogen) atoms. The molecule has 0 fully saturated rings. The van der Waals surface area contributed by atoms with Gasteiger partial charge in [-0.15, -0.1) is 0 Å². The molecular formula is C24H37N3. The minimum Gasteiger partial charge on any atom is -0.341 e. The first-order valence-electron chi connectivity index (χ1n) is 10.3. The molecule has 148 valence electrons. The first-order chi connectivity index (χ1) is 12.8. The Morgan fingerprint density at radius 1 is 1.19 bits per heavy atom. The molecule has 0 radical (unpaired) electrons. The molecule has 0 unspecified atom stereocenters. The van der Waals surface area contributed by atoms with Crippen LogP contribution < -0.4 is 5.32 Å².